The van der Waals surface area contributed by atoms with Crippen molar-refractivity contribution >= 4 is 23.4 Å². The van der Waals surface area contributed by atoms with Gasteiger partial charge in [0.25, 0.3) is 0 Å². The van der Waals surface area contributed by atoms with E-state index >= 15 is 0 Å². The smallest absolute Gasteiger partial charge is 0.209 e. The van der Waals surface area contributed by atoms with Crippen LogP contribution in [-0.2, 0) is 13.6 Å². The summed E-state index contributed by atoms with van der Waals surface area (Å²) >= 11 is 7.66. The molecule has 1 N–H and O–H groups in total. The molecule has 134 valence electrons. The van der Waals surface area contributed by atoms with Crippen LogP contribution in [0.2, 0.25) is 5.02 Å². The van der Waals surface area contributed by atoms with E-state index < -0.39 is 0 Å². The molecular formula is C16H18Cl2N5OS-. The maximum atomic E-state index is 6.01. The average Bonchev–Trinajstić information content (AvgIpc) is 3.20. The molecule has 0 aliphatic carbocycles. The Morgan fingerprint density at radius 3 is 2.92 bits per heavy atom. The summed E-state index contributed by atoms with van der Waals surface area (Å²) in [6.45, 7) is 1.61. The zero-order valence-electron chi connectivity index (χ0n) is 13.7. The van der Waals surface area contributed by atoms with Crippen molar-refractivity contribution in [3.63, 3.8) is 0 Å². The number of halogens is 2. The Labute approximate surface area is 161 Å². The molecule has 0 saturated heterocycles. The minimum Gasteiger partial charge on any atom is -1.00 e. The van der Waals surface area contributed by atoms with Crippen LogP contribution < -0.4 is 17.7 Å². The number of tetrazole rings is 1. The minimum absolute atomic E-state index is 0. The van der Waals surface area contributed by atoms with E-state index in [1.165, 1.54) is 0 Å². The normalized spacial score (nSPS) is 10.6. The second-order valence-corrected chi connectivity index (χ2v) is 6.74. The highest BCUT2D eigenvalue weighted by Gasteiger charge is 2.05. The summed E-state index contributed by atoms with van der Waals surface area (Å²) < 4.78 is 7.53. The van der Waals surface area contributed by atoms with E-state index in [-0.39, 0.29) is 12.4 Å². The molecule has 0 radical (unpaired) electrons. The zero-order valence-corrected chi connectivity index (χ0v) is 16.0. The average molecular weight is 399 g/mol. The van der Waals surface area contributed by atoms with Gasteiger partial charge in [-0.15, -0.1) is 5.10 Å². The summed E-state index contributed by atoms with van der Waals surface area (Å²) in [4.78, 5) is 0. The first-order valence-corrected chi connectivity index (χ1v) is 8.99. The molecule has 0 atom stereocenters. The number of aryl methyl sites for hydroxylation is 1. The van der Waals surface area contributed by atoms with Crippen molar-refractivity contribution in [2.24, 2.45) is 7.05 Å². The molecule has 0 amide bonds. The molecule has 9 heteroatoms. The molecule has 0 aliphatic rings. The molecular weight excluding hydrogens is 381 g/mol. The van der Waals surface area contributed by atoms with Gasteiger partial charge in [-0.25, -0.2) is 4.68 Å². The van der Waals surface area contributed by atoms with Gasteiger partial charge in [-0.2, -0.15) is 0 Å². The Kier molecular flexibility index (Phi) is 7.77. The van der Waals surface area contributed by atoms with Crippen molar-refractivity contribution in [3.8, 4) is 11.3 Å². The predicted molar refractivity (Wildman–Crippen MR) is 95.0 cm³/mol. The molecule has 0 spiro atoms. The van der Waals surface area contributed by atoms with E-state index in [0.29, 0.717) is 11.6 Å². The van der Waals surface area contributed by atoms with E-state index in [1.54, 1.807) is 16.4 Å². The highest BCUT2D eigenvalue weighted by atomic mass is 35.5. The highest BCUT2D eigenvalue weighted by molar-refractivity contribution is 7.99. The Hall–Kier alpha value is -1.54. The third-order valence-corrected chi connectivity index (χ3v) is 4.71. The number of nitrogens with zero attached hydrogens (tertiary/aromatic N) is 4. The summed E-state index contributed by atoms with van der Waals surface area (Å²) in [5.41, 5.74) is 0.988. The molecule has 0 fully saturated rings. The lowest BCUT2D eigenvalue weighted by molar-refractivity contribution is -0.00000555. The van der Waals surface area contributed by atoms with Gasteiger partial charge in [0.1, 0.15) is 11.5 Å². The van der Waals surface area contributed by atoms with Crippen LogP contribution in [0.3, 0.4) is 0 Å². The van der Waals surface area contributed by atoms with Gasteiger partial charge in [-0.3, -0.25) is 0 Å². The van der Waals surface area contributed by atoms with Crippen molar-refractivity contribution in [2.45, 2.75) is 18.1 Å². The third kappa shape index (κ3) is 5.74. The van der Waals surface area contributed by atoms with Gasteiger partial charge in [0.2, 0.25) is 5.16 Å². The van der Waals surface area contributed by atoms with Gasteiger partial charge in [-0.05, 0) is 47.7 Å². The SMILES string of the molecule is Cn1nnnc1SCCCNCc1ccc(-c2cccc(Cl)c2)o1.[Cl-]. The second kappa shape index (κ2) is 9.82. The fraction of sp³-hybridized carbons (Fsp3) is 0.312. The second-order valence-electron chi connectivity index (χ2n) is 5.24. The van der Waals surface area contributed by atoms with Crippen LogP contribution in [0.4, 0.5) is 0 Å². The number of thioether (sulfide) groups is 1. The molecule has 6 nitrogen and oxygen atoms in total. The summed E-state index contributed by atoms with van der Waals surface area (Å²) in [7, 11) is 1.84. The Morgan fingerprint density at radius 1 is 1.28 bits per heavy atom. The van der Waals surface area contributed by atoms with Crippen LogP contribution in [0, 0.1) is 0 Å². The first-order valence-electron chi connectivity index (χ1n) is 7.63. The maximum absolute atomic E-state index is 6.01. The lowest BCUT2D eigenvalue weighted by atomic mass is 10.2. The van der Waals surface area contributed by atoms with Gasteiger partial charge in [0.15, 0.2) is 0 Å². The van der Waals surface area contributed by atoms with Gasteiger partial charge < -0.3 is 22.1 Å². The number of furan rings is 1. The first-order chi connectivity index (χ1) is 11.7. The fourth-order valence-corrected chi connectivity index (χ4v) is 3.16. The fourth-order valence-electron chi connectivity index (χ4n) is 2.19. The molecule has 3 aromatic rings. The standard InChI is InChI=1S/C16H18ClN5OS.ClH/c1-22-16(19-20-21-22)24-9-3-8-18-11-14-6-7-15(23-14)12-4-2-5-13(17)10-12;/h2,4-7,10,18H,3,8-9,11H2,1H3;1H/p-1. The van der Waals surface area contributed by atoms with E-state index in [1.807, 2.05) is 43.4 Å². The highest BCUT2D eigenvalue weighted by Crippen LogP contribution is 2.24. The molecule has 3 rings (SSSR count). The van der Waals surface area contributed by atoms with E-state index in [4.69, 9.17) is 16.0 Å². The van der Waals surface area contributed by atoms with Crippen LogP contribution in [0.25, 0.3) is 11.3 Å². The number of aromatic nitrogens is 4. The number of benzene rings is 1. The summed E-state index contributed by atoms with van der Waals surface area (Å²) in [5, 5.41) is 16.3. The van der Waals surface area contributed by atoms with Crippen molar-refractivity contribution in [1.29, 1.82) is 0 Å². The molecule has 25 heavy (non-hydrogen) atoms. The lowest BCUT2D eigenvalue weighted by Gasteiger charge is -2.03. The summed E-state index contributed by atoms with van der Waals surface area (Å²) in [5.74, 6) is 2.71. The number of hydrogen-bond acceptors (Lipinski definition) is 6. The van der Waals surface area contributed by atoms with Gasteiger partial charge in [0.05, 0.1) is 6.54 Å². The van der Waals surface area contributed by atoms with E-state index in [0.717, 1.165) is 41.0 Å². The predicted octanol–water partition coefficient (Wildman–Crippen LogP) is 0.399. The van der Waals surface area contributed by atoms with E-state index in [9.17, 15) is 0 Å². The summed E-state index contributed by atoms with van der Waals surface area (Å²) in [6, 6.07) is 11.6. The largest absolute Gasteiger partial charge is 1.00 e. The Morgan fingerprint density at radius 2 is 2.16 bits per heavy atom. The topological polar surface area (TPSA) is 68.8 Å². The third-order valence-electron chi connectivity index (χ3n) is 3.38. The zero-order chi connectivity index (χ0) is 16.8. The molecule has 0 bridgehead atoms. The quantitative estimate of drug-likeness (QED) is 0.437. The van der Waals surface area contributed by atoms with Crippen LogP contribution in [0.5, 0.6) is 0 Å². The monoisotopic (exact) mass is 398 g/mol. The molecule has 0 aliphatic heterocycles. The number of hydrogen-bond donors (Lipinski definition) is 1. The molecule has 2 aromatic heterocycles. The van der Waals surface area contributed by atoms with Gasteiger partial charge in [0, 0.05) is 23.4 Å². The van der Waals surface area contributed by atoms with Crippen LogP contribution >= 0.6 is 23.4 Å². The van der Waals surface area contributed by atoms with Crippen molar-refractivity contribution in [1.82, 2.24) is 25.5 Å². The Bertz CT molecular complexity index is 792. The maximum Gasteiger partial charge on any atom is 0.209 e. The lowest BCUT2D eigenvalue weighted by Crippen LogP contribution is -3.00. The molecule has 1 aromatic carbocycles. The van der Waals surface area contributed by atoms with Crippen molar-refractivity contribution in [2.75, 3.05) is 12.3 Å². The molecule has 0 unspecified atom stereocenters. The number of rotatable bonds is 8. The first kappa shape index (κ1) is 19.8. The van der Waals surface area contributed by atoms with Crippen LogP contribution in [0.1, 0.15) is 12.2 Å². The van der Waals surface area contributed by atoms with Gasteiger partial charge in [-0.1, -0.05) is 35.5 Å². The molecule has 2 heterocycles. The minimum atomic E-state index is 0. The summed E-state index contributed by atoms with van der Waals surface area (Å²) in [6.07, 6.45) is 1.03. The van der Waals surface area contributed by atoms with Crippen LogP contribution in [-0.4, -0.2) is 32.5 Å². The van der Waals surface area contributed by atoms with Crippen LogP contribution in [0.15, 0.2) is 46.0 Å². The van der Waals surface area contributed by atoms with Crippen molar-refractivity contribution < 1.29 is 16.8 Å². The van der Waals surface area contributed by atoms with Crippen molar-refractivity contribution in [3.05, 3.63) is 47.2 Å². The van der Waals surface area contributed by atoms with E-state index in [2.05, 4.69) is 20.8 Å². The number of nitrogens with one attached hydrogen (secondary N) is 1. The van der Waals surface area contributed by atoms with Gasteiger partial charge >= 0.3 is 0 Å². The molecule has 0 saturated carbocycles. The Balaban J connectivity index is 0.00000225.